The molecular formula is C21H23FN4OS. The van der Waals surface area contributed by atoms with Crippen molar-refractivity contribution in [3.8, 4) is 17.1 Å². The Hall–Kier alpha value is -2.67. The van der Waals surface area contributed by atoms with Gasteiger partial charge < -0.3 is 5.32 Å². The summed E-state index contributed by atoms with van der Waals surface area (Å²) < 4.78 is 16.2. The van der Waals surface area contributed by atoms with Crippen LogP contribution in [0.25, 0.3) is 17.1 Å². The third-order valence-corrected chi connectivity index (χ3v) is 5.32. The molecule has 0 unspecified atom stereocenters. The first kappa shape index (κ1) is 20.1. The maximum absolute atomic E-state index is 14.4. The highest BCUT2D eigenvalue weighted by Gasteiger charge is 2.19. The van der Waals surface area contributed by atoms with Gasteiger partial charge in [-0.1, -0.05) is 48.5 Å². The number of aryl methyl sites for hydroxylation is 1. The third kappa shape index (κ3) is 4.59. The van der Waals surface area contributed by atoms with Crippen molar-refractivity contribution in [3.05, 3.63) is 59.9 Å². The molecule has 7 heteroatoms. The molecule has 0 radical (unpaired) electrons. The van der Waals surface area contributed by atoms with E-state index in [-0.39, 0.29) is 23.5 Å². The zero-order chi connectivity index (χ0) is 20.1. The summed E-state index contributed by atoms with van der Waals surface area (Å²) in [6.07, 6.45) is 0.868. The van der Waals surface area contributed by atoms with Crippen LogP contribution in [0.15, 0.2) is 53.7 Å². The molecule has 3 rings (SSSR count). The minimum Gasteiger partial charge on any atom is -0.353 e. The number of carbonyl (C=O) groups is 1. The second-order valence-corrected chi connectivity index (χ2v) is 7.56. The highest BCUT2D eigenvalue weighted by atomic mass is 32.2. The number of rotatable bonds is 7. The molecule has 0 bridgehead atoms. The van der Waals surface area contributed by atoms with Gasteiger partial charge in [-0.3, -0.25) is 9.36 Å². The van der Waals surface area contributed by atoms with E-state index in [9.17, 15) is 9.18 Å². The van der Waals surface area contributed by atoms with E-state index in [2.05, 4.69) is 15.5 Å². The number of halogens is 1. The van der Waals surface area contributed by atoms with Gasteiger partial charge in [0.25, 0.3) is 0 Å². The maximum atomic E-state index is 14.4. The minimum atomic E-state index is -0.366. The quantitative estimate of drug-likeness (QED) is 0.600. The monoisotopic (exact) mass is 398 g/mol. The number of nitrogens with zero attached hydrogens (tertiary/aromatic N) is 3. The van der Waals surface area contributed by atoms with Gasteiger partial charge in [0.1, 0.15) is 5.82 Å². The second-order valence-electron chi connectivity index (χ2n) is 6.62. The van der Waals surface area contributed by atoms with Crippen LogP contribution in [0.1, 0.15) is 25.8 Å². The van der Waals surface area contributed by atoms with Crippen molar-refractivity contribution in [1.82, 2.24) is 20.1 Å². The summed E-state index contributed by atoms with van der Waals surface area (Å²) in [6.45, 7) is 5.99. The molecule has 1 aromatic heterocycles. The lowest BCUT2D eigenvalue weighted by Crippen LogP contribution is -2.33. The molecular weight excluding hydrogens is 375 g/mol. The van der Waals surface area contributed by atoms with Crippen molar-refractivity contribution in [1.29, 1.82) is 0 Å². The minimum absolute atomic E-state index is 0.0646. The van der Waals surface area contributed by atoms with Gasteiger partial charge in [0.15, 0.2) is 11.0 Å². The number of nitrogens with one attached hydrogen (secondary N) is 1. The molecule has 0 saturated heterocycles. The van der Waals surface area contributed by atoms with E-state index in [1.54, 1.807) is 22.8 Å². The number of carbonyl (C=O) groups excluding carboxylic acids is 1. The van der Waals surface area contributed by atoms with Gasteiger partial charge in [0, 0.05) is 11.7 Å². The fourth-order valence-corrected chi connectivity index (χ4v) is 3.42. The summed E-state index contributed by atoms with van der Waals surface area (Å²) in [5.74, 6) is 0.192. The molecule has 1 atom stereocenters. The SMILES string of the molecule is CC[C@H](C)NC(=O)CSc1nnc(-c2ccccc2F)n1-c1ccc(C)cc1. The first-order valence-electron chi connectivity index (χ1n) is 9.19. The normalized spacial score (nSPS) is 12.0. The molecule has 5 nitrogen and oxygen atoms in total. The van der Waals surface area contributed by atoms with E-state index < -0.39 is 0 Å². The van der Waals surface area contributed by atoms with Crippen LogP contribution in [-0.2, 0) is 4.79 Å². The van der Waals surface area contributed by atoms with Crippen molar-refractivity contribution >= 4 is 17.7 Å². The van der Waals surface area contributed by atoms with Crippen molar-refractivity contribution in [2.75, 3.05) is 5.75 Å². The fourth-order valence-electron chi connectivity index (χ4n) is 2.66. The van der Waals surface area contributed by atoms with E-state index in [1.807, 2.05) is 45.0 Å². The summed E-state index contributed by atoms with van der Waals surface area (Å²) in [7, 11) is 0. The largest absolute Gasteiger partial charge is 0.353 e. The molecule has 0 aliphatic carbocycles. The summed E-state index contributed by atoms with van der Waals surface area (Å²) in [5, 5.41) is 11.9. The Morgan fingerprint density at radius 2 is 1.89 bits per heavy atom. The van der Waals surface area contributed by atoms with Crippen LogP contribution in [0, 0.1) is 12.7 Å². The third-order valence-electron chi connectivity index (χ3n) is 4.39. The molecule has 0 aliphatic heterocycles. The number of hydrogen-bond acceptors (Lipinski definition) is 4. The van der Waals surface area contributed by atoms with Crippen molar-refractivity contribution in [3.63, 3.8) is 0 Å². The fraction of sp³-hybridized carbons (Fsp3) is 0.286. The second kappa shape index (κ2) is 9.01. The lowest BCUT2D eigenvalue weighted by atomic mass is 10.2. The Bertz CT molecular complexity index is 955. The Morgan fingerprint density at radius 1 is 1.18 bits per heavy atom. The van der Waals surface area contributed by atoms with Crippen LogP contribution in [0.2, 0.25) is 0 Å². The van der Waals surface area contributed by atoms with E-state index in [0.717, 1.165) is 17.7 Å². The van der Waals surface area contributed by atoms with Gasteiger partial charge in [0.05, 0.1) is 11.3 Å². The van der Waals surface area contributed by atoms with E-state index in [4.69, 9.17) is 0 Å². The zero-order valence-electron chi connectivity index (χ0n) is 16.1. The number of thioether (sulfide) groups is 1. The molecule has 3 aromatic rings. The summed E-state index contributed by atoms with van der Waals surface area (Å²) in [6, 6.07) is 14.4. The summed E-state index contributed by atoms with van der Waals surface area (Å²) in [5.41, 5.74) is 2.30. The number of benzene rings is 2. The highest BCUT2D eigenvalue weighted by Crippen LogP contribution is 2.29. The Kier molecular flexibility index (Phi) is 6.46. The van der Waals surface area contributed by atoms with Gasteiger partial charge in [-0.05, 0) is 44.5 Å². The predicted octanol–water partition coefficient (Wildman–Crippen LogP) is 4.39. The Labute approximate surface area is 168 Å². The first-order chi connectivity index (χ1) is 13.5. The number of aromatic nitrogens is 3. The summed E-state index contributed by atoms with van der Waals surface area (Å²) >= 11 is 1.28. The molecule has 0 saturated carbocycles. The van der Waals surface area contributed by atoms with Gasteiger partial charge in [0.2, 0.25) is 5.91 Å². The lowest BCUT2D eigenvalue weighted by molar-refractivity contribution is -0.119. The van der Waals surface area contributed by atoms with E-state index in [1.165, 1.54) is 17.8 Å². The van der Waals surface area contributed by atoms with Crippen molar-refractivity contribution < 1.29 is 9.18 Å². The van der Waals surface area contributed by atoms with Gasteiger partial charge in [-0.25, -0.2) is 4.39 Å². The molecule has 0 aliphatic rings. The van der Waals surface area contributed by atoms with Crippen LogP contribution in [0.3, 0.4) is 0 Å². The number of amides is 1. The Balaban J connectivity index is 1.95. The van der Waals surface area contributed by atoms with Crippen molar-refractivity contribution in [2.45, 2.75) is 38.4 Å². The first-order valence-corrected chi connectivity index (χ1v) is 10.2. The molecule has 2 aromatic carbocycles. The molecule has 28 heavy (non-hydrogen) atoms. The molecule has 1 amide bonds. The molecule has 0 fully saturated rings. The van der Waals surface area contributed by atoms with E-state index >= 15 is 0 Å². The average Bonchev–Trinajstić information content (AvgIpc) is 3.11. The van der Waals surface area contributed by atoms with Crippen LogP contribution in [0.4, 0.5) is 4.39 Å². The number of hydrogen-bond donors (Lipinski definition) is 1. The van der Waals surface area contributed by atoms with Gasteiger partial charge >= 0.3 is 0 Å². The molecule has 1 N–H and O–H groups in total. The molecule has 1 heterocycles. The van der Waals surface area contributed by atoms with Crippen molar-refractivity contribution in [2.24, 2.45) is 0 Å². The zero-order valence-corrected chi connectivity index (χ0v) is 17.0. The smallest absolute Gasteiger partial charge is 0.230 e. The van der Waals surface area contributed by atoms with Crippen LogP contribution in [-0.4, -0.2) is 32.5 Å². The topological polar surface area (TPSA) is 59.8 Å². The predicted molar refractivity (Wildman–Crippen MR) is 110 cm³/mol. The maximum Gasteiger partial charge on any atom is 0.230 e. The van der Waals surface area contributed by atoms with Gasteiger partial charge in [-0.15, -0.1) is 10.2 Å². The summed E-state index contributed by atoms with van der Waals surface area (Å²) in [4.78, 5) is 12.2. The highest BCUT2D eigenvalue weighted by molar-refractivity contribution is 7.99. The average molecular weight is 399 g/mol. The van der Waals surface area contributed by atoms with Crippen LogP contribution >= 0.6 is 11.8 Å². The molecule has 146 valence electrons. The lowest BCUT2D eigenvalue weighted by Gasteiger charge is -2.13. The van der Waals surface area contributed by atoms with Crippen LogP contribution < -0.4 is 5.32 Å². The van der Waals surface area contributed by atoms with Crippen LogP contribution in [0.5, 0.6) is 0 Å². The van der Waals surface area contributed by atoms with E-state index in [0.29, 0.717) is 16.5 Å². The molecule has 0 spiro atoms. The van der Waals surface area contributed by atoms with Gasteiger partial charge in [-0.2, -0.15) is 0 Å². The standard InChI is InChI=1S/C21H23FN4OS/c1-4-15(3)23-19(27)13-28-21-25-24-20(17-7-5-6-8-18(17)22)26(21)16-11-9-14(2)10-12-16/h5-12,15H,4,13H2,1-3H3,(H,23,27)/t15-/m0/s1. The Morgan fingerprint density at radius 3 is 2.57 bits per heavy atom.